The van der Waals surface area contributed by atoms with Gasteiger partial charge in [-0.05, 0) is 62.4 Å². The number of aromatic nitrogens is 1. The summed E-state index contributed by atoms with van der Waals surface area (Å²) < 4.78 is 31.5. The van der Waals surface area contributed by atoms with Crippen molar-refractivity contribution in [3.8, 4) is 22.8 Å². The Balaban J connectivity index is 1.87. The summed E-state index contributed by atoms with van der Waals surface area (Å²) in [7, 11) is 1.53. The maximum Gasteiger partial charge on any atom is 0.146 e. The van der Waals surface area contributed by atoms with Crippen molar-refractivity contribution in [2.75, 3.05) is 20.3 Å². The summed E-state index contributed by atoms with van der Waals surface area (Å²) in [5.41, 5.74) is 1.15. The van der Waals surface area contributed by atoms with Crippen LogP contribution in [0.25, 0.3) is 11.3 Å². The third-order valence-corrected chi connectivity index (χ3v) is 4.79. The molecule has 0 radical (unpaired) electrons. The molecular weight excluding hydrogens is 349 g/mol. The Bertz CT molecular complexity index is 794. The van der Waals surface area contributed by atoms with Gasteiger partial charge in [-0.15, -0.1) is 0 Å². The van der Waals surface area contributed by atoms with Crippen LogP contribution in [0, 0.1) is 11.7 Å². The first-order valence-electron chi connectivity index (χ1n) is 9.12. The van der Waals surface area contributed by atoms with Crippen LogP contribution in [0.4, 0.5) is 4.39 Å². The quantitative estimate of drug-likeness (QED) is 0.828. The maximum atomic E-state index is 14.4. The minimum absolute atomic E-state index is 0.158. The number of hydrogen-bond donors (Lipinski definition) is 1. The fourth-order valence-corrected chi connectivity index (χ4v) is 3.40. The van der Waals surface area contributed by atoms with E-state index in [4.69, 9.17) is 14.2 Å². The van der Waals surface area contributed by atoms with Gasteiger partial charge in [0.1, 0.15) is 23.0 Å². The van der Waals surface area contributed by atoms with Crippen molar-refractivity contribution in [2.45, 2.75) is 38.9 Å². The minimum Gasteiger partial charge on any atom is -0.497 e. The topological polar surface area (TPSA) is 60.8 Å². The summed E-state index contributed by atoms with van der Waals surface area (Å²) in [6, 6.07) is 6.22. The fraction of sp³-hybridized carbons (Fsp3) is 0.476. The lowest BCUT2D eigenvalue weighted by atomic mass is 9.89. The van der Waals surface area contributed by atoms with Gasteiger partial charge in [0.05, 0.1) is 25.9 Å². The van der Waals surface area contributed by atoms with E-state index < -0.39 is 5.82 Å². The van der Waals surface area contributed by atoms with Crippen LogP contribution in [-0.4, -0.2) is 36.0 Å². The zero-order valence-corrected chi connectivity index (χ0v) is 16.0. The first kappa shape index (κ1) is 19.6. The SMILES string of the molecule is COc1ccc(F)c(-c2ncc(CO)cc2OCC2CCOC(C)(C)C2)c1. The molecule has 1 saturated heterocycles. The molecule has 146 valence electrons. The molecule has 1 unspecified atom stereocenters. The van der Waals surface area contributed by atoms with Crippen LogP contribution >= 0.6 is 0 Å². The molecule has 0 aliphatic carbocycles. The average molecular weight is 375 g/mol. The summed E-state index contributed by atoms with van der Waals surface area (Å²) >= 11 is 0. The van der Waals surface area contributed by atoms with Crippen LogP contribution < -0.4 is 9.47 Å². The highest BCUT2D eigenvalue weighted by molar-refractivity contribution is 5.68. The zero-order chi connectivity index (χ0) is 19.4. The maximum absolute atomic E-state index is 14.4. The predicted octanol–water partition coefficient (Wildman–Crippen LogP) is 3.97. The van der Waals surface area contributed by atoms with Gasteiger partial charge in [0, 0.05) is 18.4 Å². The Kier molecular flexibility index (Phi) is 5.97. The number of hydrogen-bond acceptors (Lipinski definition) is 5. The number of ether oxygens (including phenoxy) is 3. The third-order valence-electron chi connectivity index (χ3n) is 4.79. The zero-order valence-electron chi connectivity index (χ0n) is 16.0. The molecule has 0 spiro atoms. The van der Waals surface area contributed by atoms with Crippen LogP contribution in [0.3, 0.4) is 0 Å². The molecule has 1 aromatic heterocycles. The molecule has 1 atom stereocenters. The van der Waals surface area contributed by atoms with Crippen molar-refractivity contribution < 1.29 is 23.7 Å². The lowest BCUT2D eigenvalue weighted by Crippen LogP contribution is -2.36. The predicted molar refractivity (Wildman–Crippen MR) is 100 cm³/mol. The molecule has 1 aliphatic rings. The largest absolute Gasteiger partial charge is 0.497 e. The van der Waals surface area contributed by atoms with Gasteiger partial charge in [-0.3, -0.25) is 4.98 Å². The van der Waals surface area contributed by atoms with E-state index in [0.29, 0.717) is 47.5 Å². The van der Waals surface area contributed by atoms with E-state index in [1.165, 1.54) is 19.4 Å². The number of benzene rings is 1. The molecule has 1 N–H and O–H groups in total. The van der Waals surface area contributed by atoms with E-state index in [0.717, 1.165) is 12.8 Å². The van der Waals surface area contributed by atoms with Gasteiger partial charge < -0.3 is 19.3 Å². The Morgan fingerprint density at radius 2 is 2.15 bits per heavy atom. The second kappa shape index (κ2) is 8.23. The third kappa shape index (κ3) is 4.76. The molecule has 1 fully saturated rings. The highest BCUT2D eigenvalue weighted by atomic mass is 19.1. The summed E-state index contributed by atoms with van der Waals surface area (Å²) in [6.07, 6.45) is 3.33. The Hall–Kier alpha value is -2.18. The number of nitrogens with zero attached hydrogens (tertiary/aromatic N) is 1. The van der Waals surface area contributed by atoms with Gasteiger partial charge in [0.25, 0.3) is 0 Å². The van der Waals surface area contributed by atoms with Gasteiger partial charge in [0.15, 0.2) is 0 Å². The number of pyridine rings is 1. The van der Waals surface area contributed by atoms with Crippen molar-refractivity contribution >= 4 is 0 Å². The lowest BCUT2D eigenvalue weighted by molar-refractivity contribution is -0.0785. The summed E-state index contributed by atoms with van der Waals surface area (Å²) in [6.45, 7) is 5.18. The molecule has 0 amide bonds. The Labute approximate surface area is 159 Å². The number of rotatable bonds is 6. The van der Waals surface area contributed by atoms with Crippen molar-refractivity contribution in [1.82, 2.24) is 4.98 Å². The van der Waals surface area contributed by atoms with Gasteiger partial charge in [-0.25, -0.2) is 4.39 Å². The van der Waals surface area contributed by atoms with Gasteiger partial charge in [-0.2, -0.15) is 0 Å². The molecule has 6 heteroatoms. The van der Waals surface area contributed by atoms with E-state index in [-0.39, 0.29) is 12.2 Å². The minimum atomic E-state index is -0.405. The summed E-state index contributed by atoms with van der Waals surface area (Å²) in [5, 5.41) is 9.44. The molecule has 1 aliphatic heterocycles. The first-order chi connectivity index (χ1) is 12.9. The van der Waals surface area contributed by atoms with Crippen LogP contribution in [0.1, 0.15) is 32.3 Å². The highest BCUT2D eigenvalue weighted by Crippen LogP contribution is 2.35. The summed E-state index contributed by atoms with van der Waals surface area (Å²) in [5.74, 6) is 0.932. The van der Waals surface area contributed by atoms with Crippen molar-refractivity contribution in [3.05, 3.63) is 41.8 Å². The number of halogens is 1. The highest BCUT2D eigenvalue weighted by Gasteiger charge is 2.29. The molecule has 3 rings (SSSR count). The Morgan fingerprint density at radius 1 is 1.33 bits per heavy atom. The number of methoxy groups -OCH3 is 1. The van der Waals surface area contributed by atoms with Gasteiger partial charge in [-0.1, -0.05) is 0 Å². The fourth-order valence-electron chi connectivity index (χ4n) is 3.40. The summed E-state index contributed by atoms with van der Waals surface area (Å²) in [4.78, 5) is 4.34. The first-order valence-corrected chi connectivity index (χ1v) is 9.12. The van der Waals surface area contributed by atoms with Gasteiger partial charge in [0.2, 0.25) is 0 Å². The molecule has 5 nitrogen and oxygen atoms in total. The lowest BCUT2D eigenvalue weighted by Gasteiger charge is -2.35. The van der Waals surface area contributed by atoms with E-state index in [1.54, 1.807) is 18.2 Å². The second-order valence-corrected chi connectivity index (χ2v) is 7.47. The molecule has 1 aromatic carbocycles. The molecule has 0 saturated carbocycles. The smallest absolute Gasteiger partial charge is 0.146 e. The number of aliphatic hydroxyl groups is 1. The normalized spacial score (nSPS) is 18.9. The van der Waals surface area contributed by atoms with Crippen molar-refractivity contribution in [2.24, 2.45) is 5.92 Å². The molecule has 2 aromatic rings. The molecule has 0 bridgehead atoms. The van der Waals surface area contributed by atoms with Crippen molar-refractivity contribution in [1.29, 1.82) is 0 Å². The van der Waals surface area contributed by atoms with E-state index in [9.17, 15) is 9.50 Å². The van der Waals surface area contributed by atoms with Crippen LogP contribution in [-0.2, 0) is 11.3 Å². The average Bonchev–Trinajstić information content (AvgIpc) is 2.66. The van der Waals surface area contributed by atoms with Gasteiger partial charge >= 0.3 is 0 Å². The monoisotopic (exact) mass is 375 g/mol. The number of aliphatic hydroxyl groups excluding tert-OH is 1. The van der Waals surface area contributed by atoms with Crippen LogP contribution in [0.5, 0.6) is 11.5 Å². The van der Waals surface area contributed by atoms with E-state index in [1.807, 2.05) is 0 Å². The van der Waals surface area contributed by atoms with E-state index in [2.05, 4.69) is 18.8 Å². The van der Waals surface area contributed by atoms with Crippen molar-refractivity contribution in [3.63, 3.8) is 0 Å². The van der Waals surface area contributed by atoms with E-state index >= 15 is 0 Å². The standard InChI is InChI=1S/C21H26FNO4/c1-21(2)10-14(6-7-27-21)13-26-19-8-15(12-24)11-23-20(19)17-9-16(25-3)4-5-18(17)22/h4-5,8-9,11,14,24H,6-7,10,12-13H2,1-3H3. The molecule has 2 heterocycles. The van der Waals surface area contributed by atoms with Crippen LogP contribution in [0.15, 0.2) is 30.5 Å². The van der Waals surface area contributed by atoms with Crippen LogP contribution in [0.2, 0.25) is 0 Å². The molecular formula is C21H26FNO4. The molecule has 27 heavy (non-hydrogen) atoms. The Morgan fingerprint density at radius 3 is 2.85 bits per heavy atom. The second-order valence-electron chi connectivity index (χ2n) is 7.47.